The first-order valence-electron chi connectivity index (χ1n) is 5.07. The zero-order chi connectivity index (χ0) is 12.8. The summed E-state index contributed by atoms with van der Waals surface area (Å²) in [7, 11) is 0. The SMILES string of the molecule is C=CC[C@@H](CNC(=O)OC(C)(C)C)C(=O)O. The van der Waals surface area contributed by atoms with Gasteiger partial charge in [-0.15, -0.1) is 6.58 Å². The molecule has 0 unspecified atom stereocenters. The molecular formula is C11H19NO4. The molecule has 0 saturated carbocycles. The van der Waals surface area contributed by atoms with Crippen molar-refractivity contribution in [1.82, 2.24) is 5.32 Å². The van der Waals surface area contributed by atoms with Crippen LogP contribution in [0.5, 0.6) is 0 Å². The van der Waals surface area contributed by atoms with Gasteiger partial charge in [0.1, 0.15) is 5.60 Å². The summed E-state index contributed by atoms with van der Waals surface area (Å²) in [4.78, 5) is 22.0. The van der Waals surface area contributed by atoms with E-state index in [1.54, 1.807) is 20.8 Å². The molecule has 0 rings (SSSR count). The Hall–Kier alpha value is -1.52. The normalized spacial score (nSPS) is 12.7. The van der Waals surface area contributed by atoms with E-state index in [0.717, 1.165) is 0 Å². The van der Waals surface area contributed by atoms with Crippen molar-refractivity contribution in [3.05, 3.63) is 12.7 Å². The van der Waals surface area contributed by atoms with Gasteiger partial charge in [-0.2, -0.15) is 0 Å². The number of ether oxygens (including phenoxy) is 1. The molecule has 92 valence electrons. The molecule has 2 N–H and O–H groups in total. The fourth-order valence-corrected chi connectivity index (χ4v) is 0.993. The minimum atomic E-state index is -0.962. The third kappa shape index (κ3) is 6.86. The van der Waals surface area contributed by atoms with Gasteiger partial charge in [0.05, 0.1) is 5.92 Å². The molecule has 16 heavy (non-hydrogen) atoms. The van der Waals surface area contributed by atoms with Gasteiger partial charge in [0.25, 0.3) is 0 Å². The fourth-order valence-electron chi connectivity index (χ4n) is 0.993. The number of carbonyl (C=O) groups excluding carboxylic acids is 1. The van der Waals surface area contributed by atoms with Crippen molar-refractivity contribution in [3.63, 3.8) is 0 Å². The van der Waals surface area contributed by atoms with Crippen LogP contribution in [0.15, 0.2) is 12.7 Å². The van der Waals surface area contributed by atoms with E-state index in [1.165, 1.54) is 6.08 Å². The van der Waals surface area contributed by atoms with Crippen molar-refractivity contribution >= 4 is 12.1 Å². The third-order valence-corrected chi connectivity index (χ3v) is 1.69. The number of allylic oxidation sites excluding steroid dienone is 1. The molecule has 0 aliphatic heterocycles. The second-order valence-electron chi connectivity index (χ2n) is 4.44. The zero-order valence-corrected chi connectivity index (χ0v) is 9.95. The zero-order valence-electron chi connectivity index (χ0n) is 9.95. The van der Waals surface area contributed by atoms with Crippen LogP contribution in [0.25, 0.3) is 0 Å². The standard InChI is InChI=1S/C11H19NO4/c1-5-6-8(9(13)14)7-12-10(15)16-11(2,3)4/h5,8H,1,6-7H2,2-4H3,(H,12,15)(H,13,14)/t8-/m0/s1. The van der Waals surface area contributed by atoms with Gasteiger partial charge in [-0.1, -0.05) is 6.08 Å². The molecule has 0 aliphatic carbocycles. The second-order valence-corrected chi connectivity index (χ2v) is 4.44. The van der Waals surface area contributed by atoms with Gasteiger partial charge in [0.2, 0.25) is 0 Å². The van der Waals surface area contributed by atoms with E-state index in [0.29, 0.717) is 6.42 Å². The van der Waals surface area contributed by atoms with E-state index in [9.17, 15) is 9.59 Å². The molecule has 5 heteroatoms. The summed E-state index contributed by atoms with van der Waals surface area (Å²) >= 11 is 0. The van der Waals surface area contributed by atoms with Crippen molar-refractivity contribution in [2.24, 2.45) is 5.92 Å². The predicted molar refractivity (Wildman–Crippen MR) is 60.2 cm³/mol. The highest BCUT2D eigenvalue weighted by atomic mass is 16.6. The van der Waals surface area contributed by atoms with E-state index in [2.05, 4.69) is 11.9 Å². The molecule has 0 aliphatic rings. The van der Waals surface area contributed by atoms with Gasteiger partial charge in [0.15, 0.2) is 0 Å². The molecule has 1 amide bonds. The summed E-state index contributed by atoms with van der Waals surface area (Å²) in [6, 6.07) is 0. The number of hydrogen-bond acceptors (Lipinski definition) is 3. The highest BCUT2D eigenvalue weighted by Crippen LogP contribution is 2.07. The molecule has 0 spiro atoms. The maximum atomic E-state index is 11.2. The number of carbonyl (C=O) groups is 2. The van der Waals surface area contributed by atoms with Crippen LogP contribution in [-0.2, 0) is 9.53 Å². The van der Waals surface area contributed by atoms with Crippen LogP contribution in [0.4, 0.5) is 4.79 Å². The number of aliphatic carboxylic acids is 1. The van der Waals surface area contributed by atoms with Crippen molar-refractivity contribution in [2.45, 2.75) is 32.8 Å². The Bertz CT molecular complexity index is 268. The minimum absolute atomic E-state index is 0.0380. The number of carboxylic acid groups (broad SMARTS) is 1. The second kappa shape index (κ2) is 6.15. The number of nitrogens with one attached hydrogen (secondary N) is 1. The van der Waals surface area contributed by atoms with E-state index in [1.807, 2.05) is 0 Å². The maximum Gasteiger partial charge on any atom is 0.407 e. The fraction of sp³-hybridized carbons (Fsp3) is 0.636. The molecule has 0 aromatic heterocycles. The first-order valence-corrected chi connectivity index (χ1v) is 5.07. The van der Waals surface area contributed by atoms with Crippen LogP contribution >= 0.6 is 0 Å². The summed E-state index contributed by atoms with van der Waals surface area (Å²) in [6.07, 6.45) is 1.21. The lowest BCUT2D eigenvalue weighted by Crippen LogP contribution is -2.37. The molecule has 0 fully saturated rings. The highest BCUT2D eigenvalue weighted by Gasteiger charge is 2.20. The number of amides is 1. The van der Waals surface area contributed by atoms with E-state index >= 15 is 0 Å². The molecule has 0 aromatic rings. The highest BCUT2D eigenvalue weighted by molar-refractivity contribution is 5.72. The van der Waals surface area contributed by atoms with Crippen LogP contribution in [-0.4, -0.2) is 29.3 Å². The lowest BCUT2D eigenvalue weighted by Gasteiger charge is -2.20. The summed E-state index contributed by atoms with van der Waals surface area (Å²) in [6.45, 7) is 8.72. The average molecular weight is 229 g/mol. The molecule has 1 atom stereocenters. The Kier molecular flexibility index (Phi) is 5.56. The minimum Gasteiger partial charge on any atom is -0.481 e. The van der Waals surface area contributed by atoms with Crippen LogP contribution in [0, 0.1) is 5.92 Å². The first-order chi connectivity index (χ1) is 7.26. The summed E-state index contributed by atoms with van der Waals surface area (Å²) < 4.78 is 4.98. The van der Waals surface area contributed by atoms with E-state index in [4.69, 9.17) is 9.84 Å². The van der Waals surface area contributed by atoms with Crippen LogP contribution in [0.1, 0.15) is 27.2 Å². The molecular weight excluding hydrogens is 210 g/mol. The smallest absolute Gasteiger partial charge is 0.407 e. The lowest BCUT2D eigenvalue weighted by molar-refractivity contribution is -0.141. The van der Waals surface area contributed by atoms with Crippen molar-refractivity contribution in [1.29, 1.82) is 0 Å². The largest absolute Gasteiger partial charge is 0.481 e. The van der Waals surface area contributed by atoms with Crippen LogP contribution in [0.3, 0.4) is 0 Å². The van der Waals surface area contributed by atoms with Crippen molar-refractivity contribution in [3.8, 4) is 0 Å². The maximum absolute atomic E-state index is 11.2. The molecule has 0 radical (unpaired) electrons. The van der Waals surface area contributed by atoms with Crippen LogP contribution in [0.2, 0.25) is 0 Å². The molecule has 0 bridgehead atoms. The summed E-state index contributed by atoms with van der Waals surface area (Å²) in [5.41, 5.74) is -0.582. The number of rotatable bonds is 5. The topological polar surface area (TPSA) is 75.6 Å². The Labute approximate surface area is 95.5 Å². The summed E-state index contributed by atoms with van der Waals surface area (Å²) in [5, 5.41) is 11.2. The van der Waals surface area contributed by atoms with Gasteiger partial charge < -0.3 is 15.2 Å². The Morgan fingerprint density at radius 2 is 2.06 bits per heavy atom. The van der Waals surface area contributed by atoms with Gasteiger partial charge in [0, 0.05) is 6.54 Å². The predicted octanol–water partition coefficient (Wildman–Crippen LogP) is 1.79. The number of alkyl carbamates (subject to hydrolysis) is 1. The molecule has 0 aromatic carbocycles. The Morgan fingerprint density at radius 1 is 1.50 bits per heavy atom. The molecule has 5 nitrogen and oxygen atoms in total. The quantitative estimate of drug-likeness (QED) is 0.705. The van der Waals surface area contributed by atoms with Gasteiger partial charge in [-0.3, -0.25) is 4.79 Å². The molecule has 0 heterocycles. The van der Waals surface area contributed by atoms with Crippen LogP contribution < -0.4 is 5.32 Å². The van der Waals surface area contributed by atoms with E-state index < -0.39 is 23.6 Å². The van der Waals surface area contributed by atoms with E-state index in [-0.39, 0.29) is 6.54 Å². The van der Waals surface area contributed by atoms with Crippen molar-refractivity contribution in [2.75, 3.05) is 6.54 Å². The Morgan fingerprint density at radius 3 is 2.44 bits per heavy atom. The van der Waals surface area contributed by atoms with Gasteiger partial charge >= 0.3 is 12.1 Å². The van der Waals surface area contributed by atoms with Gasteiger partial charge in [-0.05, 0) is 27.2 Å². The Balaban J connectivity index is 4.06. The summed E-state index contributed by atoms with van der Waals surface area (Å²) in [5.74, 6) is -1.62. The molecule has 0 saturated heterocycles. The lowest BCUT2D eigenvalue weighted by atomic mass is 10.1. The number of hydrogen-bond donors (Lipinski definition) is 2. The van der Waals surface area contributed by atoms with Gasteiger partial charge in [-0.25, -0.2) is 4.79 Å². The monoisotopic (exact) mass is 229 g/mol. The average Bonchev–Trinajstić information content (AvgIpc) is 2.08. The van der Waals surface area contributed by atoms with Crippen molar-refractivity contribution < 1.29 is 19.4 Å². The number of carboxylic acids is 1. The third-order valence-electron chi connectivity index (χ3n) is 1.69. The first kappa shape index (κ1) is 14.5.